The van der Waals surface area contributed by atoms with Gasteiger partial charge in [-0.2, -0.15) is 0 Å². The van der Waals surface area contributed by atoms with Gasteiger partial charge in [-0.1, -0.05) is 48.5 Å². The van der Waals surface area contributed by atoms with Gasteiger partial charge in [0.05, 0.1) is 23.8 Å². The molecule has 0 bridgehead atoms. The van der Waals surface area contributed by atoms with E-state index in [-0.39, 0.29) is 17.1 Å². The van der Waals surface area contributed by atoms with E-state index < -0.39 is 6.04 Å². The molecule has 0 spiro atoms. The summed E-state index contributed by atoms with van der Waals surface area (Å²) in [6.07, 6.45) is 3.44. The third-order valence-electron chi connectivity index (χ3n) is 6.85. The van der Waals surface area contributed by atoms with Gasteiger partial charge in [0.1, 0.15) is 11.6 Å². The molecule has 184 valence electrons. The van der Waals surface area contributed by atoms with Gasteiger partial charge >= 0.3 is 0 Å². The summed E-state index contributed by atoms with van der Waals surface area (Å²) in [6.45, 7) is 4.64. The van der Waals surface area contributed by atoms with Crippen molar-refractivity contribution < 1.29 is 9.50 Å². The number of benzene rings is 2. The molecular formula is C29H29FN4O2. The Morgan fingerprint density at radius 3 is 2.39 bits per heavy atom. The van der Waals surface area contributed by atoms with E-state index in [1.807, 2.05) is 60.4 Å². The zero-order valence-corrected chi connectivity index (χ0v) is 20.2. The van der Waals surface area contributed by atoms with Crippen molar-refractivity contribution in [1.29, 1.82) is 0 Å². The fourth-order valence-electron chi connectivity index (χ4n) is 5.02. The van der Waals surface area contributed by atoms with E-state index in [1.54, 1.807) is 35.2 Å². The summed E-state index contributed by atoms with van der Waals surface area (Å²) in [6, 6.07) is 21.6. The van der Waals surface area contributed by atoms with Crippen molar-refractivity contribution in [3.8, 4) is 5.75 Å². The van der Waals surface area contributed by atoms with Crippen LogP contribution in [0.25, 0.3) is 0 Å². The van der Waals surface area contributed by atoms with Crippen LogP contribution in [0.3, 0.4) is 0 Å². The first-order chi connectivity index (χ1) is 17.5. The van der Waals surface area contributed by atoms with Crippen LogP contribution in [-0.2, 0) is 6.54 Å². The first kappa shape index (κ1) is 23.8. The topological polar surface area (TPSA) is 61.6 Å². The molecule has 1 aliphatic heterocycles. The largest absolute Gasteiger partial charge is 0.507 e. The number of aromatic hydroxyl groups is 1. The van der Waals surface area contributed by atoms with E-state index in [1.165, 1.54) is 6.07 Å². The summed E-state index contributed by atoms with van der Waals surface area (Å²) in [4.78, 5) is 22.4. The second-order valence-corrected chi connectivity index (χ2v) is 9.12. The van der Waals surface area contributed by atoms with Gasteiger partial charge in [-0.15, -0.1) is 0 Å². The van der Waals surface area contributed by atoms with Crippen molar-refractivity contribution in [1.82, 2.24) is 14.5 Å². The minimum absolute atomic E-state index is 0.0211. The summed E-state index contributed by atoms with van der Waals surface area (Å²) in [5.41, 5.74) is 3.23. The average Bonchev–Trinajstić information content (AvgIpc) is 2.90. The van der Waals surface area contributed by atoms with Gasteiger partial charge in [-0.05, 0) is 42.3 Å². The van der Waals surface area contributed by atoms with Gasteiger partial charge in [-0.3, -0.25) is 14.7 Å². The lowest BCUT2D eigenvalue weighted by atomic mass is 9.97. The molecule has 2 aromatic heterocycles. The zero-order chi connectivity index (χ0) is 25.1. The predicted octanol–water partition coefficient (Wildman–Crippen LogP) is 4.36. The number of pyridine rings is 2. The maximum Gasteiger partial charge on any atom is 0.259 e. The van der Waals surface area contributed by atoms with Crippen LogP contribution in [0.2, 0.25) is 0 Å². The number of piperazine rings is 1. The molecule has 0 radical (unpaired) electrons. The Bertz CT molecular complexity index is 1380. The molecule has 5 rings (SSSR count). The van der Waals surface area contributed by atoms with Gasteiger partial charge in [0.25, 0.3) is 5.56 Å². The van der Waals surface area contributed by atoms with Gasteiger partial charge in [-0.25, -0.2) is 4.39 Å². The molecule has 1 N–H and O–H groups in total. The summed E-state index contributed by atoms with van der Waals surface area (Å²) in [7, 11) is 0. The summed E-state index contributed by atoms with van der Waals surface area (Å²) >= 11 is 0. The Balaban J connectivity index is 1.52. The van der Waals surface area contributed by atoms with Gasteiger partial charge in [0.15, 0.2) is 0 Å². The number of hydrogen-bond donors (Lipinski definition) is 1. The number of aromatic nitrogens is 2. The highest BCUT2D eigenvalue weighted by atomic mass is 19.1. The third-order valence-corrected chi connectivity index (χ3v) is 6.85. The molecule has 0 aliphatic carbocycles. The Kier molecular flexibility index (Phi) is 6.82. The molecule has 36 heavy (non-hydrogen) atoms. The first-order valence-electron chi connectivity index (χ1n) is 12.1. The van der Waals surface area contributed by atoms with Crippen LogP contribution in [0.15, 0.2) is 90.0 Å². The molecular weight excluding hydrogens is 455 g/mol. The minimum atomic E-state index is -0.475. The van der Waals surface area contributed by atoms with Crippen LogP contribution >= 0.6 is 0 Å². The normalized spacial score (nSPS) is 15.1. The highest BCUT2D eigenvalue weighted by Gasteiger charge is 2.32. The first-order valence-corrected chi connectivity index (χ1v) is 12.1. The van der Waals surface area contributed by atoms with Crippen LogP contribution in [0.5, 0.6) is 5.75 Å². The molecule has 0 unspecified atom stereocenters. The zero-order valence-electron chi connectivity index (χ0n) is 20.2. The lowest BCUT2D eigenvalue weighted by molar-refractivity contribution is 0.207. The third kappa shape index (κ3) is 4.75. The van der Waals surface area contributed by atoms with Crippen molar-refractivity contribution >= 4 is 5.69 Å². The number of anilines is 1. The van der Waals surface area contributed by atoms with Gasteiger partial charge < -0.3 is 14.6 Å². The van der Waals surface area contributed by atoms with E-state index in [9.17, 15) is 14.3 Å². The van der Waals surface area contributed by atoms with Gasteiger partial charge in [0, 0.05) is 44.3 Å². The van der Waals surface area contributed by atoms with Crippen LogP contribution in [0.1, 0.15) is 28.4 Å². The number of halogens is 1. The lowest BCUT2D eigenvalue weighted by Crippen LogP contribution is -2.49. The Morgan fingerprint density at radius 1 is 0.972 bits per heavy atom. The second-order valence-electron chi connectivity index (χ2n) is 9.12. The Morgan fingerprint density at radius 2 is 1.69 bits per heavy atom. The second kappa shape index (κ2) is 10.3. The number of aryl methyl sites for hydroxylation is 1. The number of nitrogens with zero attached hydrogens (tertiary/aromatic N) is 4. The molecule has 2 aromatic carbocycles. The fourth-order valence-corrected chi connectivity index (χ4v) is 5.02. The van der Waals surface area contributed by atoms with E-state index in [2.05, 4.69) is 9.88 Å². The molecule has 0 saturated carbocycles. The minimum Gasteiger partial charge on any atom is -0.507 e. The van der Waals surface area contributed by atoms with E-state index in [4.69, 9.17) is 0 Å². The van der Waals surface area contributed by atoms with Crippen molar-refractivity contribution in [2.24, 2.45) is 0 Å². The van der Waals surface area contributed by atoms with Crippen LogP contribution < -0.4 is 10.5 Å². The van der Waals surface area contributed by atoms with Crippen molar-refractivity contribution in [3.63, 3.8) is 0 Å². The quantitative estimate of drug-likeness (QED) is 0.441. The maximum atomic E-state index is 14.4. The molecule has 1 fully saturated rings. The summed E-state index contributed by atoms with van der Waals surface area (Å²) < 4.78 is 16.1. The molecule has 1 aliphatic rings. The summed E-state index contributed by atoms with van der Waals surface area (Å²) in [5, 5.41) is 11.1. The molecule has 7 heteroatoms. The van der Waals surface area contributed by atoms with E-state index in [0.717, 1.165) is 11.1 Å². The van der Waals surface area contributed by atoms with Crippen LogP contribution in [-0.4, -0.2) is 45.7 Å². The van der Waals surface area contributed by atoms with Crippen LogP contribution in [0, 0.1) is 12.7 Å². The Labute approximate surface area is 209 Å². The highest BCUT2D eigenvalue weighted by Crippen LogP contribution is 2.33. The highest BCUT2D eigenvalue weighted by molar-refractivity contribution is 5.48. The predicted molar refractivity (Wildman–Crippen MR) is 139 cm³/mol. The SMILES string of the molecule is Cc1cc(O)c([C@@H](c2cccnc2)N2CCN(c3ccccc3F)CC2)c(=O)n1Cc1ccccc1. The molecule has 6 nitrogen and oxygen atoms in total. The number of para-hydroxylation sites is 1. The monoisotopic (exact) mass is 484 g/mol. The maximum absolute atomic E-state index is 14.4. The molecule has 1 saturated heterocycles. The van der Waals surface area contributed by atoms with E-state index in [0.29, 0.717) is 49.7 Å². The molecule has 3 heterocycles. The summed E-state index contributed by atoms with van der Waals surface area (Å²) in [5.74, 6) is -0.262. The van der Waals surface area contributed by atoms with Crippen molar-refractivity contribution in [2.45, 2.75) is 19.5 Å². The molecule has 4 aromatic rings. The number of hydrogen-bond acceptors (Lipinski definition) is 5. The average molecular weight is 485 g/mol. The standard InChI is InChI=1S/C29H29FN4O2/c1-21-18-26(35)27(29(36)34(21)20-22-8-3-2-4-9-22)28(23-10-7-13-31-19-23)33-16-14-32(15-17-33)25-12-6-5-11-24(25)30/h2-13,18-19,28,35H,14-17,20H2,1H3/t28-/m1/s1. The fraction of sp³-hybridized carbons (Fsp3) is 0.241. The van der Waals surface area contributed by atoms with Crippen molar-refractivity contribution in [3.05, 3.63) is 124 Å². The van der Waals surface area contributed by atoms with Crippen molar-refractivity contribution in [2.75, 3.05) is 31.1 Å². The number of rotatable bonds is 6. The molecule has 0 amide bonds. The van der Waals surface area contributed by atoms with E-state index >= 15 is 0 Å². The Hall–Kier alpha value is -3.97. The van der Waals surface area contributed by atoms with Crippen LogP contribution in [0.4, 0.5) is 10.1 Å². The smallest absolute Gasteiger partial charge is 0.259 e. The lowest BCUT2D eigenvalue weighted by Gasteiger charge is -2.40. The molecule has 1 atom stereocenters. The van der Waals surface area contributed by atoms with Gasteiger partial charge in [0.2, 0.25) is 0 Å².